The molecule has 2 aromatic rings. The highest BCUT2D eigenvalue weighted by molar-refractivity contribution is 7.10. The summed E-state index contributed by atoms with van der Waals surface area (Å²) in [5.74, 6) is 0.0525. The van der Waals surface area contributed by atoms with Crippen molar-refractivity contribution in [3.05, 3.63) is 42.1 Å². The molecule has 1 N–H and O–H groups in total. The predicted octanol–water partition coefficient (Wildman–Crippen LogP) is 2.53. The number of piperidine rings is 1. The van der Waals surface area contributed by atoms with Gasteiger partial charge in [0.15, 0.2) is 0 Å². The average molecular weight is 302 g/mol. The van der Waals surface area contributed by atoms with E-state index in [1.165, 1.54) is 17.1 Å². The Labute approximate surface area is 128 Å². The standard InChI is InChI=1S/C15H18N4OS/c20-15(17-14-10-16-18-21-14)13-8-4-5-9-19(13)11-12-6-2-1-3-7-12/h1-3,6-7,10,13H,4-5,8-9,11H2,(H,17,20). The van der Waals surface area contributed by atoms with Crippen molar-refractivity contribution in [3.8, 4) is 0 Å². The molecule has 0 bridgehead atoms. The molecule has 1 fully saturated rings. The molecule has 110 valence electrons. The van der Waals surface area contributed by atoms with E-state index in [1.807, 2.05) is 18.2 Å². The second-order valence-corrected chi connectivity index (χ2v) is 6.02. The first-order chi connectivity index (χ1) is 10.3. The molecule has 2 heterocycles. The summed E-state index contributed by atoms with van der Waals surface area (Å²) in [7, 11) is 0. The van der Waals surface area contributed by atoms with Crippen molar-refractivity contribution in [2.45, 2.75) is 31.8 Å². The Morgan fingerprint density at radius 1 is 1.33 bits per heavy atom. The molecule has 1 amide bonds. The second-order valence-electron chi connectivity index (χ2n) is 5.24. The number of nitrogens with one attached hydrogen (secondary N) is 1. The molecule has 1 aromatic carbocycles. The van der Waals surface area contributed by atoms with Crippen LogP contribution in [0, 0.1) is 0 Å². The van der Waals surface area contributed by atoms with Crippen LogP contribution in [-0.4, -0.2) is 33.0 Å². The van der Waals surface area contributed by atoms with Gasteiger partial charge in [-0.25, -0.2) is 0 Å². The molecule has 1 aliphatic rings. The van der Waals surface area contributed by atoms with Crippen molar-refractivity contribution in [2.24, 2.45) is 0 Å². The molecule has 1 saturated heterocycles. The zero-order valence-electron chi connectivity index (χ0n) is 11.7. The van der Waals surface area contributed by atoms with Crippen LogP contribution in [0.5, 0.6) is 0 Å². The van der Waals surface area contributed by atoms with Crippen molar-refractivity contribution >= 4 is 22.4 Å². The number of hydrogen-bond acceptors (Lipinski definition) is 5. The molecule has 6 heteroatoms. The third kappa shape index (κ3) is 3.65. The number of benzene rings is 1. The summed E-state index contributed by atoms with van der Waals surface area (Å²) in [5, 5.41) is 7.38. The monoisotopic (exact) mass is 302 g/mol. The van der Waals surface area contributed by atoms with Crippen molar-refractivity contribution in [2.75, 3.05) is 11.9 Å². The summed E-state index contributed by atoms with van der Waals surface area (Å²) in [4.78, 5) is 14.7. The van der Waals surface area contributed by atoms with Crippen molar-refractivity contribution in [3.63, 3.8) is 0 Å². The average Bonchev–Trinajstić information content (AvgIpc) is 3.02. The van der Waals surface area contributed by atoms with Gasteiger partial charge in [-0.3, -0.25) is 9.69 Å². The Kier molecular flexibility index (Phi) is 4.57. The van der Waals surface area contributed by atoms with Gasteiger partial charge in [-0.1, -0.05) is 41.2 Å². The van der Waals surface area contributed by atoms with Gasteiger partial charge in [0.1, 0.15) is 5.00 Å². The summed E-state index contributed by atoms with van der Waals surface area (Å²) in [6, 6.07) is 10.2. The lowest BCUT2D eigenvalue weighted by Crippen LogP contribution is -2.46. The Morgan fingerprint density at radius 3 is 2.95 bits per heavy atom. The van der Waals surface area contributed by atoms with Crippen molar-refractivity contribution in [1.29, 1.82) is 0 Å². The minimum atomic E-state index is -0.0685. The first-order valence-corrected chi connectivity index (χ1v) is 7.96. The van der Waals surface area contributed by atoms with Gasteiger partial charge in [0.2, 0.25) is 5.91 Å². The topological polar surface area (TPSA) is 58.1 Å². The number of rotatable bonds is 4. The smallest absolute Gasteiger partial charge is 0.242 e. The number of anilines is 1. The maximum Gasteiger partial charge on any atom is 0.242 e. The number of amides is 1. The van der Waals surface area contributed by atoms with E-state index in [9.17, 15) is 4.79 Å². The number of nitrogens with zero attached hydrogens (tertiary/aromatic N) is 3. The van der Waals surface area contributed by atoms with Gasteiger partial charge in [0.05, 0.1) is 12.2 Å². The fraction of sp³-hybridized carbons (Fsp3) is 0.400. The van der Waals surface area contributed by atoms with Crippen LogP contribution >= 0.6 is 11.5 Å². The molecule has 1 atom stereocenters. The van der Waals surface area contributed by atoms with Crippen LogP contribution < -0.4 is 5.32 Å². The van der Waals surface area contributed by atoms with Crippen LogP contribution in [0.25, 0.3) is 0 Å². The second kappa shape index (κ2) is 6.78. The van der Waals surface area contributed by atoms with Gasteiger partial charge in [-0.15, -0.1) is 5.10 Å². The molecule has 3 rings (SSSR count). The lowest BCUT2D eigenvalue weighted by Gasteiger charge is -2.34. The lowest BCUT2D eigenvalue weighted by molar-refractivity contribution is -0.122. The van der Waals surface area contributed by atoms with E-state index in [0.717, 1.165) is 32.4 Å². The van der Waals surface area contributed by atoms with Gasteiger partial charge in [0.25, 0.3) is 0 Å². The number of carbonyl (C=O) groups excluding carboxylic acids is 1. The van der Waals surface area contributed by atoms with Gasteiger partial charge in [0, 0.05) is 18.1 Å². The maximum absolute atomic E-state index is 12.5. The quantitative estimate of drug-likeness (QED) is 0.943. The van der Waals surface area contributed by atoms with E-state index < -0.39 is 0 Å². The highest BCUT2D eigenvalue weighted by Gasteiger charge is 2.28. The van der Waals surface area contributed by atoms with E-state index in [2.05, 4.69) is 31.9 Å². The number of hydrogen-bond donors (Lipinski definition) is 1. The van der Waals surface area contributed by atoms with E-state index >= 15 is 0 Å². The summed E-state index contributed by atoms with van der Waals surface area (Å²) in [6.07, 6.45) is 4.75. The molecule has 0 radical (unpaired) electrons. The highest BCUT2D eigenvalue weighted by atomic mass is 32.1. The van der Waals surface area contributed by atoms with Crippen LogP contribution in [0.2, 0.25) is 0 Å². The molecular weight excluding hydrogens is 284 g/mol. The van der Waals surface area contributed by atoms with Crippen LogP contribution in [0.15, 0.2) is 36.5 Å². The van der Waals surface area contributed by atoms with E-state index in [1.54, 1.807) is 6.20 Å². The Hall–Kier alpha value is -1.79. The van der Waals surface area contributed by atoms with Gasteiger partial charge in [-0.2, -0.15) is 0 Å². The van der Waals surface area contributed by atoms with Gasteiger partial charge < -0.3 is 5.32 Å². The van der Waals surface area contributed by atoms with E-state index in [4.69, 9.17) is 0 Å². The zero-order chi connectivity index (χ0) is 14.5. The summed E-state index contributed by atoms with van der Waals surface area (Å²) >= 11 is 1.21. The van der Waals surface area contributed by atoms with Gasteiger partial charge >= 0.3 is 0 Å². The van der Waals surface area contributed by atoms with E-state index in [-0.39, 0.29) is 11.9 Å². The highest BCUT2D eigenvalue weighted by Crippen LogP contribution is 2.21. The third-order valence-electron chi connectivity index (χ3n) is 3.75. The van der Waals surface area contributed by atoms with Crippen LogP contribution in [0.1, 0.15) is 24.8 Å². The fourth-order valence-electron chi connectivity index (χ4n) is 2.72. The Balaban J connectivity index is 1.67. The molecule has 0 aliphatic carbocycles. The largest absolute Gasteiger partial charge is 0.314 e. The molecule has 5 nitrogen and oxygen atoms in total. The Bertz CT molecular complexity index is 573. The molecule has 1 aromatic heterocycles. The molecule has 0 spiro atoms. The summed E-state index contributed by atoms with van der Waals surface area (Å²) in [6.45, 7) is 1.79. The molecule has 21 heavy (non-hydrogen) atoms. The molecule has 0 saturated carbocycles. The fourth-order valence-corrected chi connectivity index (χ4v) is 3.14. The summed E-state index contributed by atoms with van der Waals surface area (Å²) < 4.78 is 3.77. The first kappa shape index (κ1) is 14.2. The Morgan fingerprint density at radius 2 is 2.19 bits per heavy atom. The van der Waals surface area contributed by atoms with Gasteiger partial charge in [-0.05, 0) is 24.9 Å². The van der Waals surface area contributed by atoms with E-state index in [0.29, 0.717) is 5.00 Å². The zero-order valence-corrected chi connectivity index (χ0v) is 12.6. The first-order valence-electron chi connectivity index (χ1n) is 7.19. The van der Waals surface area contributed by atoms with Crippen molar-refractivity contribution in [1.82, 2.24) is 14.5 Å². The normalized spacial score (nSPS) is 19.3. The third-order valence-corrected chi connectivity index (χ3v) is 4.33. The number of aromatic nitrogens is 2. The molecule has 1 unspecified atom stereocenters. The minimum absolute atomic E-state index is 0.0525. The number of likely N-dealkylation sites (tertiary alicyclic amines) is 1. The maximum atomic E-state index is 12.5. The number of carbonyl (C=O) groups is 1. The summed E-state index contributed by atoms with van der Waals surface area (Å²) in [5.41, 5.74) is 1.25. The lowest BCUT2D eigenvalue weighted by atomic mass is 10.0. The van der Waals surface area contributed by atoms with Crippen LogP contribution in [0.4, 0.5) is 5.00 Å². The predicted molar refractivity (Wildman–Crippen MR) is 83.0 cm³/mol. The van der Waals surface area contributed by atoms with Crippen LogP contribution in [-0.2, 0) is 11.3 Å². The van der Waals surface area contributed by atoms with Crippen LogP contribution in [0.3, 0.4) is 0 Å². The van der Waals surface area contributed by atoms with Crippen molar-refractivity contribution < 1.29 is 4.79 Å². The minimum Gasteiger partial charge on any atom is -0.314 e. The molecule has 1 aliphatic heterocycles. The SMILES string of the molecule is O=C(Nc1cnns1)C1CCCCN1Cc1ccccc1. The molecular formula is C15H18N4OS.